The molecule has 0 aliphatic carbocycles. The second-order valence-corrected chi connectivity index (χ2v) is 7.96. The summed E-state index contributed by atoms with van der Waals surface area (Å²) >= 11 is 6.09. The van der Waals surface area contributed by atoms with Gasteiger partial charge >= 0.3 is 0 Å². The summed E-state index contributed by atoms with van der Waals surface area (Å²) in [6, 6.07) is 9.41. The Morgan fingerprint density at radius 3 is 2.64 bits per heavy atom. The van der Waals surface area contributed by atoms with Crippen molar-refractivity contribution in [2.24, 2.45) is 4.99 Å². The number of hydrogen-bond acceptors (Lipinski definition) is 2. The minimum absolute atomic E-state index is 0.143. The quantitative estimate of drug-likeness (QED) is 0.601. The Balaban J connectivity index is 2.03. The maximum Gasteiger partial charge on any atom is 0.146 e. The van der Waals surface area contributed by atoms with Crippen LogP contribution in [0.1, 0.15) is 44.4 Å². The third-order valence-corrected chi connectivity index (χ3v) is 5.84. The second kappa shape index (κ2) is 5.15. The Morgan fingerprint density at radius 2 is 1.88 bits per heavy atom. The van der Waals surface area contributed by atoms with Gasteiger partial charge in [0.25, 0.3) is 0 Å². The van der Waals surface area contributed by atoms with Gasteiger partial charge in [0.15, 0.2) is 0 Å². The number of hydrogen-bond donors (Lipinski definition) is 0. The van der Waals surface area contributed by atoms with Gasteiger partial charge in [-0.15, -0.1) is 0 Å². The molecule has 0 fully saturated rings. The summed E-state index contributed by atoms with van der Waals surface area (Å²) in [5, 5.41) is 4.57. The largest absolute Gasteiger partial charge is 0.277 e. The molecule has 3 nitrogen and oxygen atoms in total. The van der Waals surface area contributed by atoms with Crippen molar-refractivity contribution < 1.29 is 4.39 Å². The molecule has 1 aliphatic heterocycles. The van der Waals surface area contributed by atoms with Crippen molar-refractivity contribution in [1.29, 1.82) is 0 Å². The highest BCUT2D eigenvalue weighted by Crippen LogP contribution is 2.46. The van der Waals surface area contributed by atoms with Crippen molar-refractivity contribution in [3.8, 4) is 0 Å². The zero-order valence-corrected chi connectivity index (χ0v) is 15.4. The maximum absolute atomic E-state index is 15.0. The summed E-state index contributed by atoms with van der Waals surface area (Å²) in [5.74, 6) is -0.360. The fourth-order valence-corrected chi connectivity index (χ4v) is 3.58. The van der Waals surface area contributed by atoms with Crippen molar-refractivity contribution in [3.63, 3.8) is 0 Å². The summed E-state index contributed by atoms with van der Waals surface area (Å²) in [5.41, 5.74) is 3.01. The number of fused-ring (bicyclic) bond motifs is 2. The van der Waals surface area contributed by atoms with Crippen molar-refractivity contribution in [1.82, 2.24) is 9.61 Å². The van der Waals surface area contributed by atoms with Crippen molar-refractivity contribution in [3.05, 3.63) is 70.3 Å². The summed E-state index contributed by atoms with van der Waals surface area (Å²) in [7, 11) is 0. The smallest absolute Gasteiger partial charge is 0.146 e. The fourth-order valence-electron chi connectivity index (χ4n) is 3.42. The Hall–Kier alpha value is -2.20. The summed E-state index contributed by atoms with van der Waals surface area (Å²) in [6.45, 7) is 8.08. The lowest BCUT2D eigenvalue weighted by molar-refractivity contribution is 0.294. The van der Waals surface area contributed by atoms with E-state index in [0.29, 0.717) is 5.56 Å². The van der Waals surface area contributed by atoms with Crippen LogP contribution in [0, 0.1) is 5.82 Å². The molecule has 0 N–H and O–H groups in total. The summed E-state index contributed by atoms with van der Waals surface area (Å²) in [4.78, 5) is 5.00. The van der Waals surface area contributed by atoms with Crippen molar-refractivity contribution >= 4 is 22.8 Å². The fraction of sp³-hybridized carbons (Fsp3) is 0.300. The van der Waals surface area contributed by atoms with E-state index < -0.39 is 11.0 Å². The van der Waals surface area contributed by atoms with E-state index in [0.717, 1.165) is 22.4 Å². The first-order chi connectivity index (χ1) is 11.7. The predicted octanol–water partition coefficient (Wildman–Crippen LogP) is 5.03. The van der Waals surface area contributed by atoms with Crippen LogP contribution < -0.4 is 0 Å². The van der Waals surface area contributed by atoms with Crippen LogP contribution >= 0.6 is 11.6 Å². The maximum atomic E-state index is 15.0. The zero-order chi connectivity index (χ0) is 18.0. The Morgan fingerprint density at radius 1 is 1.12 bits per heavy atom. The van der Waals surface area contributed by atoms with Gasteiger partial charge in [-0.05, 0) is 38.1 Å². The van der Waals surface area contributed by atoms with Crippen LogP contribution in [0.25, 0.3) is 5.52 Å². The van der Waals surface area contributed by atoms with E-state index in [-0.39, 0.29) is 10.8 Å². The van der Waals surface area contributed by atoms with Crippen LogP contribution in [0.15, 0.2) is 47.7 Å². The van der Waals surface area contributed by atoms with Gasteiger partial charge in [0.05, 0.1) is 28.0 Å². The first kappa shape index (κ1) is 16.3. The van der Waals surface area contributed by atoms with E-state index in [1.54, 1.807) is 16.8 Å². The van der Waals surface area contributed by atoms with Gasteiger partial charge in [-0.1, -0.05) is 31.5 Å². The molecule has 0 amide bonds. The Kier molecular flexibility index (Phi) is 3.35. The average Bonchev–Trinajstić information content (AvgIpc) is 3.01. The molecular formula is C20H19ClFN3. The highest BCUT2D eigenvalue weighted by molar-refractivity contribution is 6.31. The van der Waals surface area contributed by atoms with Gasteiger partial charge in [0.1, 0.15) is 5.82 Å². The lowest BCUT2D eigenvalue weighted by Gasteiger charge is -2.44. The van der Waals surface area contributed by atoms with Crippen LogP contribution in [0.4, 0.5) is 4.39 Å². The monoisotopic (exact) mass is 355 g/mol. The third kappa shape index (κ3) is 2.24. The first-order valence-corrected chi connectivity index (χ1v) is 8.63. The van der Waals surface area contributed by atoms with E-state index in [4.69, 9.17) is 16.6 Å². The van der Waals surface area contributed by atoms with E-state index in [1.165, 1.54) is 0 Å². The van der Waals surface area contributed by atoms with Crippen LogP contribution in [-0.4, -0.2) is 20.9 Å². The molecule has 0 spiro atoms. The van der Waals surface area contributed by atoms with E-state index in [1.807, 2.05) is 58.2 Å². The van der Waals surface area contributed by atoms with Gasteiger partial charge in [0.2, 0.25) is 0 Å². The molecule has 0 saturated heterocycles. The number of aromatic nitrogens is 2. The number of rotatable bonds is 1. The minimum Gasteiger partial charge on any atom is -0.277 e. The van der Waals surface area contributed by atoms with Crippen molar-refractivity contribution in [2.75, 3.05) is 0 Å². The van der Waals surface area contributed by atoms with Crippen LogP contribution in [-0.2, 0) is 5.41 Å². The van der Waals surface area contributed by atoms with Crippen LogP contribution in [0.2, 0.25) is 5.02 Å². The van der Waals surface area contributed by atoms with Crippen LogP contribution in [0.3, 0.4) is 0 Å². The Bertz CT molecular complexity index is 1030. The average molecular weight is 356 g/mol. The molecule has 0 saturated carbocycles. The number of aliphatic imine (C=N–C) groups is 1. The lowest BCUT2D eigenvalue weighted by Crippen LogP contribution is -2.46. The molecule has 1 aromatic carbocycles. The number of halogens is 2. The van der Waals surface area contributed by atoms with E-state index in [2.05, 4.69) is 5.10 Å². The summed E-state index contributed by atoms with van der Waals surface area (Å²) < 4.78 is 16.8. The van der Waals surface area contributed by atoms with Gasteiger partial charge in [-0.25, -0.2) is 8.91 Å². The van der Waals surface area contributed by atoms with Crippen LogP contribution in [0.5, 0.6) is 0 Å². The van der Waals surface area contributed by atoms with Crippen molar-refractivity contribution in [2.45, 2.75) is 38.6 Å². The lowest BCUT2D eigenvalue weighted by atomic mass is 9.65. The van der Waals surface area contributed by atoms with E-state index in [9.17, 15) is 0 Å². The standard InChI is InChI=1S/C20H19ClFN3/c1-19(2)16-14(7-8-15(21)17(16)22)18(24-20(19,3)4)12-10-13-6-5-9-25(13)23-11-12/h5-11H,1-4H3. The minimum atomic E-state index is -0.493. The molecule has 5 heteroatoms. The number of benzene rings is 1. The molecule has 0 atom stereocenters. The molecule has 0 radical (unpaired) electrons. The Labute approximate surface area is 151 Å². The molecule has 3 aromatic rings. The molecule has 128 valence electrons. The zero-order valence-electron chi connectivity index (χ0n) is 14.6. The highest BCUT2D eigenvalue weighted by atomic mass is 35.5. The second-order valence-electron chi connectivity index (χ2n) is 7.55. The first-order valence-electron chi connectivity index (χ1n) is 8.25. The topological polar surface area (TPSA) is 29.7 Å². The molecule has 3 heterocycles. The summed E-state index contributed by atoms with van der Waals surface area (Å²) in [6.07, 6.45) is 3.67. The van der Waals surface area contributed by atoms with Gasteiger partial charge < -0.3 is 0 Å². The van der Waals surface area contributed by atoms with Gasteiger partial charge in [-0.3, -0.25) is 4.99 Å². The molecular weight excluding hydrogens is 337 g/mol. The molecule has 0 unspecified atom stereocenters. The van der Waals surface area contributed by atoms with Gasteiger partial charge in [-0.2, -0.15) is 5.10 Å². The molecule has 1 aliphatic rings. The van der Waals surface area contributed by atoms with Gasteiger partial charge in [0, 0.05) is 28.3 Å². The van der Waals surface area contributed by atoms with E-state index >= 15 is 4.39 Å². The highest BCUT2D eigenvalue weighted by Gasteiger charge is 2.46. The third-order valence-electron chi connectivity index (χ3n) is 5.55. The SMILES string of the molecule is CC1(C)N=C(c2cnn3cccc3c2)c2ccc(Cl)c(F)c2C1(C)C. The molecule has 25 heavy (non-hydrogen) atoms. The normalized spacial score (nSPS) is 18.1. The number of nitrogens with zero attached hydrogens (tertiary/aromatic N) is 3. The molecule has 0 bridgehead atoms. The molecule has 4 rings (SSSR count). The predicted molar refractivity (Wildman–Crippen MR) is 99.3 cm³/mol. The molecule has 2 aromatic heterocycles.